The Hall–Kier alpha value is -1.61. The van der Waals surface area contributed by atoms with Crippen LogP contribution < -0.4 is 10.6 Å². The van der Waals surface area contributed by atoms with Crippen LogP contribution in [0.4, 0.5) is 0 Å². The lowest BCUT2D eigenvalue weighted by Crippen LogP contribution is -2.35. The van der Waals surface area contributed by atoms with E-state index in [0.717, 1.165) is 13.0 Å². The van der Waals surface area contributed by atoms with E-state index in [1.54, 1.807) is 0 Å². The van der Waals surface area contributed by atoms with E-state index in [0.29, 0.717) is 6.54 Å². The van der Waals surface area contributed by atoms with Crippen molar-refractivity contribution in [2.75, 3.05) is 6.54 Å². The predicted octanol–water partition coefficient (Wildman–Crippen LogP) is 3.11. The summed E-state index contributed by atoms with van der Waals surface area (Å²) < 4.78 is 0. The number of hydrogen-bond donors (Lipinski definition) is 2. The minimum absolute atomic E-state index is 0.0223. The lowest BCUT2D eigenvalue weighted by Gasteiger charge is -2.20. The van der Waals surface area contributed by atoms with Gasteiger partial charge in [-0.25, -0.2) is 0 Å². The van der Waals surface area contributed by atoms with Crippen molar-refractivity contribution in [2.45, 2.75) is 46.2 Å². The van der Waals surface area contributed by atoms with Gasteiger partial charge in [-0.05, 0) is 38.3 Å². The van der Waals surface area contributed by atoms with Crippen LogP contribution in [0, 0.1) is 0 Å². The van der Waals surface area contributed by atoms with Crippen molar-refractivity contribution in [3.05, 3.63) is 41.5 Å². The van der Waals surface area contributed by atoms with E-state index in [4.69, 9.17) is 0 Å². The first kappa shape index (κ1) is 16.4. The first-order valence-corrected chi connectivity index (χ1v) is 7.12. The molecule has 0 aliphatic rings. The van der Waals surface area contributed by atoms with Gasteiger partial charge in [-0.15, -0.1) is 0 Å². The molecule has 0 bridgehead atoms. The van der Waals surface area contributed by atoms with Gasteiger partial charge < -0.3 is 10.6 Å². The van der Waals surface area contributed by atoms with Crippen LogP contribution in [0.3, 0.4) is 0 Å². The summed E-state index contributed by atoms with van der Waals surface area (Å²) >= 11 is 0. The molecular formula is C17H26N2O. The summed E-state index contributed by atoms with van der Waals surface area (Å²) in [7, 11) is 0. The van der Waals surface area contributed by atoms with Gasteiger partial charge in [-0.2, -0.15) is 0 Å². The van der Waals surface area contributed by atoms with Gasteiger partial charge in [0.05, 0.1) is 0 Å². The number of amides is 1. The van der Waals surface area contributed by atoms with Crippen molar-refractivity contribution in [3.8, 4) is 0 Å². The third-order valence-corrected chi connectivity index (χ3v) is 2.80. The van der Waals surface area contributed by atoms with E-state index in [1.807, 2.05) is 0 Å². The summed E-state index contributed by atoms with van der Waals surface area (Å²) in [5, 5.41) is 6.24. The molecule has 0 unspecified atom stereocenters. The second-order valence-corrected chi connectivity index (χ2v) is 6.02. The number of carbonyl (C=O) groups excluding carboxylic acids is 1. The van der Waals surface area contributed by atoms with E-state index < -0.39 is 0 Å². The highest BCUT2D eigenvalue weighted by Gasteiger charge is 2.07. The summed E-state index contributed by atoms with van der Waals surface area (Å²) in [6.07, 6.45) is 5.02. The molecule has 3 nitrogen and oxygen atoms in total. The lowest BCUT2D eigenvalue weighted by atomic mass is 10.1. The van der Waals surface area contributed by atoms with E-state index in [9.17, 15) is 4.79 Å². The lowest BCUT2D eigenvalue weighted by molar-refractivity contribution is -0.118. The first-order chi connectivity index (χ1) is 9.37. The van der Waals surface area contributed by atoms with Crippen molar-refractivity contribution < 1.29 is 4.79 Å². The molecule has 0 spiro atoms. The summed E-state index contributed by atoms with van der Waals surface area (Å²) in [5.41, 5.74) is 2.62. The number of rotatable bonds is 6. The quantitative estimate of drug-likeness (QED) is 0.783. The van der Waals surface area contributed by atoms with Crippen LogP contribution >= 0.6 is 0 Å². The average molecular weight is 274 g/mol. The molecule has 0 radical (unpaired) electrons. The van der Waals surface area contributed by atoms with Gasteiger partial charge in [0.1, 0.15) is 0 Å². The van der Waals surface area contributed by atoms with Gasteiger partial charge in [0.15, 0.2) is 0 Å². The Morgan fingerprint density at radius 2 is 1.85 bits per heavy atom. The van der Waals surface area contributed by atoms with Crippen molar-refractivity contribution in [2.24, 2.45) is 0 Å². The number of benzene rings is 1. The molecule has 1 aromatic carbocycles. The maximum atomic E-state index is 10.7. The molecular weight excluding hydrogens is 248 g/mol. The average Bonchev–Trinajstić information content (AvgIpc) is 2.36. The molecule has 1 amide bonds. The van der Waals surface area contributed by atoms with Crippen molar-refractivity contribution in [1.29, 1.82) is 0 Å². The Kier molecular flexibility index (Phi) is 6.46. The molecule has 110 valence electrons. The molecule has 0 aromatic heterocycles. The monoisotopic (exact) mass is 274 g/mol. The highest BCUT2D eigenvalue weighted by Crippen LogP contribution is 2.08. The number of nitrogens with one attached hydrogen (secondary N) is 2. The molecule has 0 aliphatic heterocycles. The highest BCUT2D eigenvalue weighted by molar-refractivity contribution is 5.72. The third-order valence-electron chi connectivity index (χ3n) is 2.80. The molecule has 1 aromatic rings. The van der Waals surface area contributed by atoms with Gasteiger partial charge in [-0.1, -0.05) is 36.4 Å². The number of hydrogen-bond acceptors (Lipinski definition) is 2. The van der Waals surface area contributed by atoms with E-state index in [1.165, 1.54) is 18.1 Å². The van der Waals surface area contributed by atoms with Crippen LogP contribution in [0.25, 0.3) is 6.08 Å². The number of carbonyl (C=O) groups is 1. The largest absolute Gasteiger partial charge is 0.356 e. The molecule has 0 saturated heterocycles. The Morgan fingerprint density at radius 3 is 2.40 bits per heavy atom. The zero-order chi connectivity index (χ0) is 15.0. The summed E-state index contributed by atoms with van der Waals surface area (Å²) in [6, 6.07) is 8.53. The molecule has 2 N–H and O–H groups in total. The minimum Gasteiger partial charge on any atom is -0.356 e. The normalized spacial score (nSPS) is 11.8. The highest BCUT2D eigenvalue weighted by atomic mass is 16.1. The van der Waals surface area contributed by atoms with Gasteiger partial charge in [0.2, 0.25) is 5.91 Å². The summed E-state index contributed by atoms with van der Waals surface area (Å²) in [6.45, 7) is 9.61. The Balaban J connectivity index is 2.38. The molecule has 3 heteroatoms. The second-order valence-electron chi connectivity index (χ2n) is 6.02. The summed E-state index contributed by atoms with van der Waals surface area (Å²) in [5.74, 6) is 0.0223. The van der Waals surface area contributed by atoms with Crippen LogP contribution in [0.5, 0.6) is 0 Å². The van der Waals surface area contributed by atoms with E-state index >= 15 is 0 Å². The topological polar surface area (TPSA) is 41.1 Å². The SMILES string of the molecule is CC(=O)NCCC=Cc1ccc(CNC(C)(C)C)cc1. The van der Waals surface area contributed by atoms with Crippen LogP contribution in [-0.2, 0) is 11.3 Å². The van der Waals surface area contributed by atoms with Gasteiger partial charge >= 0.3 is 0 Å². The maximum Gasteiger partial charge on any atom is 0.216 e. The molecule has 0 fully saturated rings. The molecule has 1 rings (SSSR count). The van der Waals surface area contributed by atoms with Gasteiger partial charge in [-0.3, -0.25) is 4.79 Å². The van der Waals surface area contributed by atoms with Gasteiger partial charge in [0, 0.05) is 25.6 Å². The van der Waals surface area contributed by atoms with Crippen molar-refractivity contribution in [3.63, 3.8) is 0 Å². The van der Waals surface area contributed by atoms with Crippen LogP contribution in [0.2, 0.25) is 0 Å². The van der Waals surface area contributed by atoms with Gasteiger partial charge in [0.25, 0.3) is 0 Å². The Labute approximate surface area is 122 Å². The molecule has 0 aliphatic carbocycles. The molecule has 0 saturated carbocycles. The zero-order valence-electron chi connectivity index (χ0n) is 13.0. The first-order valence-electron chi connectivity index (χ1n) is 7.12. The fraction of sp³-hybridized carbons (Fsp3) is 0.471. The van der Waals surface area contributed by atoms with E-state index in [-0.39, 0.29) is 11.4 Å². The predicted molar refractivity (Wildman–Crippen MR) is 85.4 cm³/mol. The van der Waals surface area contributed by atoms with Crippen molar-refractivity contribution >= 4 is 12.0 Å². The fourth-order valence-corrected chi connectivity index (χ4v) is 1.66. The zero-order valence-corrected chi connectivity index (χ0v) is 13.0. The van der Waals surface area contributed by atoms with Crippen LogP contribution in [0.1, 0.15) is 45.2 Å². The van der Waals surface area contributed by atoms with E-state index in [2.05, 4.69) is 67.8 Å². The van der Waals surface area contributed by atoms with Crippen molar-refractivity contribution in [1.82, 2.24) is 10.6 Å². The molecule has 0 heterocycles. The molecule has 0 atom stereocenters. The Morgan fingerprint density at radius 1 is 1.20 bits per heavy atom. The third kappa shape index (κ3) is 7.74. The minimum atomic E-state index is 0.0223. The molecule has 20 heavy (non-hydrogen) atoms. The smallest absolute Gasteiger partial charge is 0.216 e. The maximum absolute atomic E-state index is 10.7. The van der Waals surface area contributed by atoms with Crippen LogP contribution in [-0.4, -0.2) is 18.0 Å². The Bertz CT molecular complexity index is 441. The standard InChI is InChI=1S/C17H26N2O/c1-14(20)18-12-6-5-7-15-8-10-16(11-9-15)13-19-17(2,3)4/h5,7-11,19H,6,12-13H2,1-4H3,(H,18,20). The van der Waals surface area contributed by atoms with Crippen LogP contribution in [0.15, 0.2) is 30.3 Å². The fourth-order valence-electron chi connectivity index (χ4n) is 1.66. The second kappa shape index (κ2) is 7.85. The summed E-state index contributed by atoms with van der Waals surface area (Å²) in [4.78, 5) is 10.7.